The fourth-order valence-electron chi connectivity index (χ4n) is 5.44. The number of amides is 1. The Morgan fingerprint density at radius 2 is 1.49 bits per heavy atom. The fourth-order valence-corrected chi connectivity index (χ4v) is 5.44. The highest BCUT2D eigenvalue weighted by molar-refractivity contribution is 6.00. The average molecular weight is 658 g/mol. The molecule has 10 heteroatoms. The first-order chi connectivity index (χ1) is 23.7. The van der Waals surface area contributed by atoms with Crippen molar-refractivity contribution in [1.82, 2.24) is 14.9 Å². The van der Waals surface area contributed by atoms with Crippen molar-refractivity contribution >= 4 is 28.9 Å². The molecule has 0 bridgehead atoms. The van der Waals surface area contributed by atoms with E-state index in [0.29, 0.717) is 35.9 Å². The molecule has 0 spiro atoms. The zero-order valence-electron chi connectivity index (χ0n) is 27.4. The van der Waals surface area contributed by atoms with Crippen LogP contribution in [0.3, 0.4) is 0 Å². The van der Waals surface area contributed by atoms with E-state index in [4.69, 9.17) is 25.5 Å². The predicted molar refractivity (Wildman–Crippen MR) is 185 cm³/mol. The minimum absolute atomic E-state index is 0.00849. The first kappa shape index (κ1) is 34.5. The molecule has 5 aromatic rings. The van der Waals surface area contributed by atoms with E-state index in [0.717, 1.165) is 34.5 Å². The van der Waals surface area contributed by atoms with Gasteiger partial charge in [-0.25, -0.2) is 9.78 Å². The fraction of sp³-hybridized carbons (Fsp3) is 0.256. The Hall–Kier alpha value is -5.79. The molecule has 4 aromatic carbocycles. The molecule has 250 valence electrons. The monoisotopic (exact) mass is 657 g/mol. The summed E-state index contributed by atoms with van der Waals surface area (Å²) in [4.78, 5) is 44.1. The highest BCUT2D eigenvalue weighted by Gasteiger charge is 2.37. The van der Waals surface area contributed by atoms with E-state index in [1.54, 1.807) is 24.3 Å². The topological polar surface area (TPSA) is 149 Å². The number of imidazole rings is 1. The number of fused-ring (bicyclic) bond motifs is 1. The van der Waals surface area contributed by atoms with Gasteiger partial charge in [-0.2, -0.15) is 5.26 Å². The second kappa shape index (κ2) is 16.4. The Kier molecular flexibility index (Phi) is 11.5. The molecule has 0 aliphatic heterocycles. The van der Waals surface area contributed by atoms with E-state index in [1.165, 1.54) is 0 Å². The second-order valence-corrected chi connectivity index (χ2v) is 11.9. The standard InChI is InChI=1S/C39H39N5O5/c1-44-34-21-20-32(24-33(34)42-35(44)22-19-28-15-17-29(25-40)18-16-28)37(46)43-39(41,38(47)49-27-31-12-6-3-7-13-31)23-9-8-14-36(45)48-26-30-10-4-2-5-11-30/h2-7,10-13,15-18,20-21,24H,8-9,14,19,22-23,26-27,41H2,1H3,(H,43,46). The number of ether oxygens (including phenoxy) is 2. The first-order valence-corrected chi connectivity index (χ1v) is 16.2. The van der Waals surface area contributed by atoms with Gasteiger partial charge in [-0.1, -0.05) is 72.8 Å². The lowest BCUT2D eigenvalue weighted by atomic mass is 10.0. The Morgan fingerprint density at radius 3 is 2.14 bits per heavy atom. The van der Waals surface area contributed by atoms with E-state index in [-0.39, 0.29) is 32.0 Å². The van der Waals surface area contributed by atoms with Crippen LogP contribution < -0.4 is 11.1 Å². The number of unbranched alkanes of at least 4 members (excludes halogenated alkanes) is 1. The molecule has 0 saturated carbocycles. The highest BCUT2D eigenvalue weighted by Crippen LogP contribution is 2.20. The van der Waals surface area contributed by atoms with E-state index in [2.05, 4.69) is 11.4 Å². The number of nitrogens with one attached hydrogen (secondary N) is 1. The van der Waals surface area contributed by atoms with Crippen molar-refractivity contribution in [2.75, 3.05) is 0 Å². The maximum absolute atomic E-state index is 13.6. The number of hydrogen-bond donors (Lipinski definition) is 2. The number of nitrogens with zero attached hydrogens (tertiary/aromatic N) is 3. The molecule has 1 unspecified atom stereocenters. The van der Waals surface area contributed by atoms with Crippen LogP contribution in [-0.2, 0) is 52.2 Å². The van der Waals surface area contributed by atoms with Gasteiger partial charge in [0.2, 0.25) is 0 Å². The van der Waals surface area contributed by atoms with Crippen molar-refractivity contribution in [2.45, 2.75) is 57.4 Å². The molecule has 0 saturated heterocycles. The number of hydrogen-bond acceptors (Lipinski definition) is 8. The van der Waals surface area contributed by atoms with Crippen molar-refractivity contribution in [1.29, 1.82) is 5.26 Å². The number of aromatic nitrogens is 2. The largest absolute Gasteiger partial charge is 0.461 e. The molecule has 0 radical (unpaired) electrons. The Morgan fingerprint density at radius 1 is 0.837 bits per heavy atom. The summed E-state index contributed by atoms with van der Waals surface area (Å²) in [7, 11) is 1.92. The molecule has 1 amide bonds. The third-order valence-electron chi connectivity index (χ3n) is 8.31. The molecule has 10 nitrogen and oxygen atoms in total. The van der Waals surface area contributed by atoms with Gasteiger partial charge >= 0.3 is 11.9 Å². The molecule has 5 rings (SSSR count). The van der Waals surface area contributed by atoms with Crippen molar-refractivity contribution in [3.63, 3.8) is 0 Å². The van der Waals surface area contributed by atoms with Gasteiger partial charge in [0, 0.05) is 25.5 Å². The van der Waals surface area contributed by atoms with Crippen molar-refractivity contribution < 1.29 is 23.9 Å². The van der Waals surface area contributed by atoms with Gasteiger partial charge in [0.25, 0.3) is 5.91 Å². The summed E-state index contributed by atoms with van der Waals surface area (Å²) in [5, 5.41) is 11.8. The molecule has 3 N–H and O–H groups in total. The van der Waals surface area contributed by atoms with Crippen LogP contribution in [0.1, 0.15) is 64.1 Å². The lowest BCUT2D eigenvalue weighted by Crippen LogP contribution is -2.62. The molecule has 0 aliphatic rings. The van der Waals surface area contributed by atoms with Gasteiger partial charge in [-0.3, -0.25) is 15.3 Å². The first-order valence-electron chi connectivity index (χ1n) is 16.2. The lowest BCUT2D eigenvalue weighted by Gasteiger charge is -2.28. The number of rotatable bonds is 15. The van der Waals surface area contributed by atoms with Crippen LogP contribution >= 0.6 is 0 Å². The minimum Gasteiger partial charge on any atom is -0.461 e. The molecule has 49 heavy (non-hydrogen) atoms. The summed E-state index contributed by atoms with van der Waals surface area (Å²) in [5.74, 6) is -0.840. The van der Waals surface area contributed by atoms with Gasteiger partial charge in [0.15, 0.2) is 5.66 Å². The van der Waals surface area contributed by atoms with E-state index < -0.39 is 17.5 Å². The van der Waals surface area contributed by atoms with Crippen LogP contribution in [0.4, 0.5) is 0 Å². The van der Waals surface area contributed by atoms with E-state index >= 15 is 0 Å². The van der Waals surface area contributed by atoms with Crippen molar-refractivity contribution in [3.05, 3.63) is 137 Å². The van der Waals surface area contributed by atoms with Gasteiger partial charge in [0.05, 0.1) is 22.7 Å². The maximum atomic E-state index is 13.6. The van der Waals surface area contributed by atoms with Gasteiger partial charge in [-0.05, 0) is 72.7 Å². The van der Waals surface area contributed by atoms with Crippen LogP contribution in [0, 0.1) is 11.3 Å². The third-order valence-corrected chi connectivity index (χ3v) is 8.31. The highest BCUT2D eigenvalue weighted by atomic mass is 16.5. The number of aryl methyl sites for hydroxylation is 3. The van der Waals surface area contributed by atoms with Crippen molar-refractivity contribution in [2.24, 2.45) is 12.8 Å². The lowest BCUT2D eigenvalue weighted by molar-refractivity contribution is -0.153. The molecule has 1 heterocycles. The molecular weight excluding hydrogens is 618 g/mol. The minimum atomic E-state index is -1.84. The van der Waals surface area contributed by atoms with Crippen molar-refractivity contribution in [3.8, 4) is 6.07 Å². The zero-order valence-corrected chi connectivity index (χ0v) is 27.4. The van der Waals surface area contributed by atoms with Crippen LogP contribution in [0.5, 0.6) is 0 Å². The zero-order chi connectivity index (χ0) is 34.6. The predicted octanol–water partition coefficient (Wildman–Crippen LogP) is 5.66. The molecular formula is C39H39N5O5. The summed E-state index contributed by atoms with van der Waals surface area (Å²) >= 11 is 0. The summed E-state index contributed by atoms with van der Waals surface area (Å²) < 4.78 is 12.9. The third kappa shape index (κ3) is 9.40. The number of nitriles is 1. The van der Waals surface area contributed by atoms with Gasteiger partial charge < -0.3 is 19.4 Å². The number of carbonyl (C=O) groups excluding carboxylic acids is 3. The SMILES string of the molecule is Cn1c(CCc2ccc(C#N)cc2)nc2cc(C(=O)NC(N)(CCCCC(=O)OCc3ccccc3)C(=O)OCc3ccccc3)ccc21. The molecule has 0 aliphatic carbocycles. The smallest absolute Gasteiger partial charge is 0.347 e. The van der Waals surface area contributed by atoms with Crippen LogP contribution in [0.2, 0.25) is 0 Å². The van der Waals surface area contributed by atoms with Crippen LogP contribution in [0.15, 0.2) is 103 Å². The van der Waals surface area contributed by atoms with E-state index in [1.807, 2.05) is 90.5 Å². The summed E-state index contributed by atoms with van der Waals surface area (Å²) in [6.07, 6.45) is 2.35. The maximum Gasteiger partial charge on any atom is 0.347 e. The Balaban J connectivity index is 1.23. The number of benzene rings is 4. The van der Waals surface area contributed by atoms with Crippen LogP contribution in [-0.4, -0.2) is 33.1 Å². The van der Waals surface area contributed by atoms with E-state index in [9.17, 15) is 14.4 Å². The second-order valence-electron chi connectivity index (χ2n) is 11.9. The summed E-state index contributed by atoms with van der Waals surface area (Å²) in [6.45, 7) is 0.174. The normalized spacial score (nSPS) is 12.1. The van der Waals surface area contributed by atoms with Crippen LogP contribution in [0.25, 0.3) is 11.0 Å². The number of esters is 2. The average Bonchev–Trinajstić information content (AvgIpc) is 3.45. The summed E-state index contributed by atoms with van der Waals surface area (Å²) in [6, 6.07) is 33.3. The molecule has 1 atom stereocenters. The molecule has 1 aromatic heterocycles. The van der Waals surface area contributed by atoms with Gasteiger partial charge in [-0.15, -0.1) is 0 Å². The number of nitrogens with two attached hydrogens (primary N) is 1. The van der Waals surface area contributed by atoms with Gasteiger partial charge in [0.1, 0.15) is 19.0 Å². The Labute approximate surface area is 285 Å². The Bertz CT molecular complexity index is 1930. The quantitative estimate of drug-likeness (QED) is 0.0832. The number of carbonyl (C=O) groups is 3. The summed E-state index contributed by atoms with van der Waals surface area (Å²) in [5.41, 5.74) is 9.90. The molecule has 0 fully saturated rings.